The lowest BCUT2D eigenvalue weighted by atomic mass is 9.94. The van der Waals surface area contributed by atoms with Gasteiger partial charge >= 0.3 is 0 Å². The van der Waals surface area contributed by atoms with E-state index >= 15 is 0 Å². The Balaban J connectivity index is 2.01. The molecule has 3 rings (SSSR count). The summed E-state index contributed by atoms with van der Waals surface area (Å²) in [4.78, 5) is 0. The number of hydrogen-bond donors (Lipinski definition) is 2. The summed E-state index contributed by atoms with van der Waals surface area (Å²) in [6.07, 6.45) is 3.20. The van der Waals surface area contributed by atoms with Crippen molar-refractivity contribution in [3.8, 4) is 0 Å². The molecule has 25 heavy (non-hydrogen) atoms. The standard InChI is InChI=1S/C19H25N3O2S/c20-18(16-10-4-1-5-11-16)19(17-12-6-2-7-13-17)22(25(23)24)21-14-8-3-9-15-21/h1-2,4-7,10-13,18-19H,3,8-9,14-15,20H2,(H,23,24)/t18-,19-/m0/s1. The van der Waals surface area contributed by atoms with Crippen LogP contribution in [-0.2, 0) is 11.3 Å². The molecule has 0 amide bonds. The molecule has 2 aromatic rings. The number of piperidine rings is 1. The van der Waals surface area contributed by atoms with E-state index in [-0.39, 0.29) is 0 Å². The highest BCUT2D eigenvalue weighted by Gasteiger charge is 2.35. The molecule has 0 bridgehead atoms. The number of nitrogens with zero attached hydrogens (tertiary/aromatic N) is 2. The summed E-state index contributed by atoms with van der Waals surface area (Å²) in [5.74, 6) is 0. The van der Waals surface area contributed by atoms with E-state index in [9.17, 15) is 8.76 Å². The van der Waals surface area contributed by atoms with Gasteiger partial charge in [-0.1, -0.05) is 67.1 Å². The maximum absolute atomic E-state index is 12.3. The smallest absolute Gasteiger partial charge is 0.249 e. The summed E-state index contributed by atoms with van der Waals surface area (Å²) in [7, 11) is 0. The Morgan fingerprint density at radius 2 is 1.44 bits per heavy atom. The number of hydrogen-bond acceptors (Lipinski definition) is 3. The van der Waals surface area contributed by atoms with E-state index in [4.69, 9.17) is 5.73 Å². The first-order valence-electron chi connectivity index (χ1n) is 8.69. The fraction of sp³-hybridized carbons (Fsp3) is 0.368. The second kappa shape index (κ2) is 8.69. The maximum Gasteiger partial charge on any atom is 0.249 e. The molecule has 1 saturated heterocycles. The van der Waals surface area contributed by atoms with Crippen molar-refractivity contribution in [2.24, 2.45) is 5.73 Å². The van der Waals surface area contributed by atoms with Gasteiger partial charge in [-0.05, 0) is 24.0 Å². The van der Waals surface area contributed by atoms with Crippen molar-refractivity contribution in [1.29, 1.82) is 0 Å². The molecular formula is C19H25N3O2S. The second-order valence-electron chi connectivity index (χ2n) is 6.34. The first-order chi connectivity index (χ1) is 12.2. The first-order valence-corrected chi connectivity index (χ1v) is 9.75. The molecule has 0 saturated carbocycles. The lowest BCUT2D eigenvalue weighted by Gasteiger charge is -2.41. The molecule has 0 spiro atoms. The van der Waals surface area contributed by atoms with Crippen LogP contribution in [-0.4, -0.2) is 31.3 Å². The minimum absolute atomic E-state index is 0.410. The largest absolute Gasteiger partial charge is 0.322 e. The van der Waals surface area contributed by atoms with Gasteiger partial charge in [0.25, 0.3) is 0 Å². The zero-order valence-corrected chi connectivity index (χ0v) is 15.0. The lowest BCUT2D eigenvalue weighted by Crippen LogP contribution is -2.50. The Bertz CT molecular complexity index is 678. The van der Waals surface area contributed by atoms with Crippen LogP contribution in [0.3, 0.4) is 0 Å². The molecule has 2 aromatic carbocycles. The Morgan fingerprint density at radius 1 is 0.920 bits per heavy atom. The third-order valence-corrected chi connectivity index (χ3v) is 5.45. The van der Waals surface area contributed by atoms with Gasteiger partial charge in [-0.2, -0.15) is 0 Å². The molecular weight excluding hydrogens is 334 g/mol. The molecule has 5 nitrogen and oxygen atoms in total. The number of rotatable bonds is 6. The monoisotopic (exact) mass is 359 g/mol. The van der Waals surface area contributed by atoms with Gasteiger partial charge in [-0.15, -0.1) is 4.41 Å². The normalized spacial score (nSPS) is 19.5. The van der Waals surface area contributed by atoms with E-state index in [2.05, 4.69) is 0 Å². The summed E-state index contributed by atoms with van der Waals surface area (Å²) >= 11 is -2.15. The maximum atomic E-state index is 12.3. The summed E-state index contributed by atoms with van der Waals surface area (Å²) in [5, 5.41) is 1.99. The predicted molar refractivity (Wildman–Crippen MR) is 101 cm³/mol. The SMILES string of the molecule is N[C@@H](c1ccccc1)[C@H](c1ccccc1)N(N1CCCCC1)S(=O)O. The van der Waals surface area contributed by atoms with Gasteiger partial charge in [-0.25, -0.2) is 9.22 Å². The average molecular weight is 359 g/mol. The van der Waals surface area contributed by atoms with Gasteiger partial charge in [-0.3, -0.25) is 4.55 Å². The van der Waals surface area contributed by atoms with Gasteiger partial charge in [0.05, 0.1) is 12.1 Å². The van der Waals surface area contributed by atoms with E-state index in [0.717, 1.165) is 43.5 Å². The predicted octanol–water partition coefficient (Wildman–Crippen LogP) is 3.27. The van der Waals surface area contributed by atoms with Crippen LogP contribution in [0.15, 0.2) is 60.7 Å². The fourth-order valence-corrected chi connectivity index (χ4v) is 4.23. The average Bonchev–Trinajstić information content (AvgIpc) is 2.67. The van der Waals surface area contributed by atoms with Crippen LogP contribution in [0.2, 0.25) is 0 Å². The molecule has 3 atom stereocenters. The minimum Gasteiger partial charge on any atom is -0.322 e. The highest BCUT2D eigenvalue weighted by atomic mass is 32.2. The molecule has 1 aliphatic rings. The summed E-state index contributed by atoms with van der Waals surface area (Å²) < 4.78 is 23.9. The zero-order chi connectivity index (χ0) is 17.6. The van der Waals surface area contributed by atoms with Gasteiger partial charge in [0.1, 0.15) is 0 Å². The van der Waals surface area contributed by atoms with Gasteiger partial charge < -0.3 is 5.73 Å². The number of nitrogens with two attached hydrogens (primary N) is 1. The molecule has 1 heterocycles. The Morgan fingerprint density at radius 3 is 1.96 bits per heavy atom. The number of benzene rings is 2. The van der Waals surface area contributed by atoms with Crippen LogP contribution < -0.4 is 5.73 Å². The van der Waals surface area contributed by atoms with Crippen molar-refractivity contribution >= 4 is 11.3 Å². The Kier molecular flexibility index (Phi) is 6.34. The Labute approximate surface area is 151 Å². The van der Waals surface area contributed by atoms with Crippen molar-refractivity contribution in [1.82, 2.24) is 9.42 Å². The van der Waals surface area contributed by atoms with Crippen LogP contribution >= 0.6 is 0 Å². The van der Waals surface area contributed by atoms with Crippen LogP contribution in [0.5, 0.6) is 0 Å². The second-order valence-corrected chi connectivity index (χ2v) is 7.18. The molecule has 1 fully saturated rings. The molecule has 1 aliphatic heterocycles. The molecule has 134 valence electrons. The molecule has 0 aliphatic carbocycles. The van der Waals surface area contributed by atoms with Gasteiger partial charge in [0.15, 0.2) is 0 Å². The van der Waals surface area contributed by atoms with Crippen LogP contribution in [0.4, 0.5) is 0 Å². The molecule has 0 radical (unpaired) electrons. The van der Waals surface area contributed by atoms with E-state index in [0.29, 0.717) is 0 Å². The minimum atomic E-state index is -2.15. The molecule has 3 N–H and O–H groups in total. The summed E-state index contributed by atoms with van der Waals surface area (Å²) in [5.41, 5.74) is 8.49. The van der Waals surface area contributed by atoms with E-state index in [1.807, 2.05) is 65.7 Å². The molecule has 6 heteroatoms. The third-order valence-electron chi connectivity index (χ3n) is 4.67. The highest BCUT2D eigenvalue weighted by molar-refractivity contribution is 7.76. The van der Waals surface area contributed by atoms with E-state index in [1.165, 1.54) is 0 Å². The molecule has 0 aromatic heterocycles. The van der Waals surface area contributed by atoms with Crippen LogP contribution in [0, 0.1) is 0 Å². The van der Waals surface area contributed by atoms with Gasteiger partial charge in [0.2, 0.25) is 11.3 Å². The first kappa shape index (κ1) is 18.2. The topological polar surface area (TPSA) is 69.8 Å². The summed E-state index contributed by atoms with van der Waals surface area (Å²) in [6, 6.07) is 18.7. The van der Waals surface area contributed by atoms with Gasteiger partial charge in [0, 0.05) is 13.1 Å². The summed E-state index contributed by atoms with van der Waals surface area (Å²) in [6.45, 7) is 1.55. The lowest BCUT2D eigenvalue weighted by molar-refractivity contribution is -0.00459. The van der Waals surface area contributed by atoms with Crippen molar-refractivity contribution in [3.05, 3.63) is 71.8 Å². The van der Waals surface area contributed by atoms with Crippen molar-refractivity contribution in [3.63, 3.8) is 0 Å². The van der Waals surface area contributed by atoms with Crippen molar-refractivity contribution in [2.45, 2.75) is 31.3 Å². The number of hydrazine groups is 1. The Hall–Kier alpha value is -1.57. The van der Waals surface area contributed by atoms with E-state index < -0.39 is 23.4 Å². The highest BCUT2D eigenvalue weighted by Crippen LogP contribution is 2.35. The zero-order valence-electron chi connectivity index (χ0n) is 14.2. The quantitative estimate of drug-likeness (QED) is 0.777. The molecule has 1 unspecified atom stereocenters. The van der Waals surface area contributed by atoms with E-state index in [1.54, 1.807) is 4.41 Å². The van der Waals surface area contributed by atoms with Crippen molar-refractivity contribution in [2.75, 3.05) is 13.1 Å². The van der Waals surface area contributed by atoms with Crippen LogP contribution in [0.25, 0.3) is 0 Å². The van der Waals surface area contributed by atoms with Crippen molar-refractivity contribution < 1.29 is 8.76 Å². The fourth-order valence-electron chi connectivity index (χ4n) is 3.43. The third kappa shape index (κ3) is 4.34. The van der Waals surface area contributed by atoms with Crippen LogP contribution in [0.1, 0.15) is 42.5 Å².